The molecule has 0 bridgehead atoms. The van der Waals surface area contributed by atoms with Crippen molar-refractivity contribution in [2.75, 3.05) is 11.4 Å². The molecule has 0 saturated heterocycles. The molecule has 1 rings (SSSR count). The molecule has 0 radical (unpaired) electrons. The zero-order valence-corrected chi connectivity index (χ0v) is 13.7. The SMILES string of the molecule is CCCCCN(c1ncc(CNC(C)C)cn1)C(C)C. The lowest BCUT2D eigenvalue weighted by atomic mass is 10.2. The quantitative estimate of drug-likeness (QED) is 0.703. The summed E-state index contributed by atoms with van der Waals surface area (Å²) in [6, 6.07) is 0.919. The summed E-state index contributed by atoms with van der Waals surface area (Å²) >= 11 is 0. The van der Waals surface area contributed by atoms with Gasteiger partial charge in [-0.3, -0.25) is 0 Å². The highest BCUT2D eigenvalue weighted by Crippen LogP contribution is 2.12. The molecule has 1 N–H and O–H groups in total. The molecule has 0 atom stereocenters. The van der Waals surface area contributed by atoms with Gasteiger partial charge in [0.15, 0.2) is 0 Å². The fourth-order valence-electron chi connectivity index (χ4n) is 2.03. The minimum atomic E-state index is 0.437. The van der Waals surface area contributed by atoms with Crippen molar-refractivity contribution in [1.29, 1.82) is 0 Å². The van der Waals surface area contributed by atoms with Crippen molar-refractivity contribution in [3.05, 3.63) is 18.0 Å². The number of hydrogen-bond acceptors (Lipinski definition) is 4. The van der Waals surface area contributed by atoms with E-state index in [1.807, 2.05) is 12.4 Å². The molecule has 0 aliphatic rings. The summed E-state index contributed by atoms with van der Waals surface area (Å²) in [4.78, 5) is 11.4. The minimum absolute atomic E-state index is 0.437. The molecule has 114 valence electrons. The summed E-state index contributed by atoms with van der Waals surface area (Å²) in [5.41, 5.74) is 1.14. The summed E-state index contributed by atoms with van der Waals surface area (Å²) in [5.74, 6) is 0.851. The second-order valence-corrected chi connectivity index (χ2v) is 5.92. The molecule has 0 aliphatic carbocycles. The van der Waals surface area contributed by atoms with Crippen LogP contribution in [-0.2, 0) is 6.54 Å². The highest BCUT2D eigenvalue weighted by Gasteiger charge is 2.12. The summed E-state index contributed by atoms with van der Waals surface area (Å²) in [6.07, 6.45) is 7.58. The van der Waals surface area contributed by atoms with Crippen molar-refractivity contribution in [2.45, 2.75) is 72.5 Å². The average Bonchev–Trinajstić information content (AvgIpc) is 2.42. The molecular formula is C16H30N4. The summed E-state index contributed by atoms with van der Waals surface area (Å²) in [5, 5.41) is 3.38. The van der Waals surface area contributed by atoms with Crippen molar-refractivity contribution in [1.82, 2.24) is 15.3 Å². The third-order valence-corrected chi connectivity index (χ3v) is 3.29. The fourth-order valence-corrected chi connectivity index (χ4v) is 2.03. The van der Waals surface area contributed by atoms with Gasteiger partial charge in [0.25, 0.3) is 0 Å². The van der Waals surface area contributed by atoms with Gasteiger partial charge >= 0.3 is 0 Å². The van der Waals surface area contributed by atoms with Crippen molar-refractivity contribution in [3.63, 3.8) is 0 Å². The van der Waals surface area contributed by atoms with Gasteiger partial charge in [-0.25, -0.2) is 9.97 Å². The van der Waals surface area contributed by atoms with Crippen LogP contribution in [0.2, 0.25) is 0 Å². The Morgan fingerprint density at radius 2 is 1.75 bits per heavy atom. The number of rotatable bonds is 9. The first-order valence-electron chi connectivity index (χ1n) is 7.85. The van der Waals surface area contributed by atoms with E-state index in [0.717, 1.165) is 24.6 Å². The molecule has 4 nitrogen and oxygen atoms in total. The lowest BCUT2D eigenvalue weighted by molar-refractivity contribution is 0.584. The molecule has 1 heterocycles. The molecule has 0 spiro atoms. The van der Waals surface area contributed by atoms with Crippen molar-refractivity contribution in [3.8, 4) is 0 Å². The van der Waals surface area contributed by atoms with Gasteiger partial charge in [-0.1, -0.05) is 33.6 Å². The van der Waals surface area contributed by atoms with Crippen LogP contribution in [-0.4, -0.2) is 28.6 Å². The standard InChI is InChI=1S/C16H30N4/c1-6-7-8-9-20(14(4)5)16-18-11-15(12-19-16)10-17-13(2)3/h11-14,17H,6-10H2,1-5H3. The van der Waals surface area contributed by atoms with E-state index in [0.29, 0.717) is 12.1 Å². The van der Waals surface area contributed by atoms with Crippen LogP contribution >= 0.6 is 0 Å². The Morgan fingerprint density at radius 3 is 2.25 bits per heavy atom. The Kier molecular flexibility index (Phi) is 7.52. The lowest BCUT2D eigenvalue weighted by Gasteiger charge is -2.26. The molecule has 0 amide bonds. The predicted octanol–water partition coefficient (Wildman–Crippen LogP) is 3.38. The summed E-state index contributed by atoms with van der Waals surface area (Å²) < 4.78 is 0. The Labute approximate surface area is 124 Å². The van der Waals surface area contributed by atoms with E-state index in [1.54, 1.807) is 0 Å². The smallest absolute Gasteiger partial charge is 0.225 e. The predicted molar refractivity (Wildman–Crippen MR) is 86.0 cm³/mol. The summed E-state index contributed by atoms with van der Waals surface area (Å²) in [6.45, 7) is 12.8. The maximum atomic E-state index is 4.53. The Hall–Kier alpha value is -1.16. The van der Waals surface area contributed by atoms with E-state index in [1.165, 1.54) is 19.3 Å². The maximum Gasteiger partial charge on any atom is 0.225 e. The van der Waals surface area contributed by atoms with Crippen LogP contribution in [0.4, 0.5) is 5.95 Å². The van der Waals surface area contributed by atoms with Crippen LogP contribution in [0.25, 0.3) is 0 Å². The van der Waals surface area contributed by atoms with Gasteiger partial charge in [0.05, 0.1) is 0 Å². The van der Waals surface area contributed by atoms with Crippen LogP contribution in [0, 0.1) is 0 Å². The first-order valence-corrected chi connectivity index (χ1v) is 7.85. The highest BCUT2D eigenvalue weighted by atomic mass is 15.3. The van der Waals surface area contributed by atoms with Gasteiger partial charge in [-0.05, 0) is 20.3 Å². The number of nitrogens with one attached hydrogen (secondary N) is 1. The topological polar surface area (TPSA) is 41.1 Å². The van der Waals surface area contributed by atoms with Gasteiger partial charge in [0.1, 0.15) is 0 Å². The molecule has 0 fully saturated rings. The van der Waals surface area contributed by atoms with Crippen LogP contribution in [0.3, 0.4) is 0 Å². The second-order valence-electron chi connectivity index (χ2n) is 5.92. The zero-order chi connectivity index (χ0) is 15.0. The molecule has 1 aromatic heterocycles. The van der Waals surface area contributed by atoms with Gasteiger partial charge in [-0.15, -0.1) is 0 Å². The van der Waals surface area contributed by atoms with Gasteiger partial charge in [0, 0.05) is 43.1 Å². The van der Waals surface area contributed by atoms with E-state index in [4.69, 9.17) is 0 Å². The van der Waals surface area contributed by atoms with Gasteiger partial charge < -0.3 is 10.2 Å². The fraction of sp³-hybridized carbons (Fsp3) is 0.750. The molecule has 0 saturated carbocycles. The highest BCUT2D eigenvalue weighted by molar-refractivity contribution is 5.31. The molecule has 0 aliphatic heterocycles. The van der Waals surface area contributed by atoms with Crippen LogP contribution in [0.5, 0.6) is 0 Å². The third kappa shape index (κ3) is 5.87. The van der Waals surface area contributed by atoms with Crippen molar-refractivity contribution >= 4 is 5.95 Å². The van der Waals surface area contributed by atoms with Gasteiger partial charge in [-0.2, -0.15) is 0 Å². The zero-order valence-electron chi connectivity index (χ0n) is 13.7. The van der Waals surface area contributed by atoms with Crippen LogP contribution < -0.4 is 10.2 Å². The number of hydrogen-bond donors (Lipinski definition) is 1. The molecule has 20 heavy (non-hydrogen) atoms. The van der Waals surface area contributed by atoms with Gasteiger partial charge in [0.2, 0.25) is 5.95 Å². The molecule has 1 aromatic rings. The average molecular weight is 278 g/mol. The maximum absolute atomic E-state index is 4.53. The van der Waals surface area contributed by atoms with E-state index in [2.05, 4.69) is 54.8 Å². The van der Waals surface area contributed by atoms with Crippen LogP contribution in [0.15, 0.2) is 12.4 Å². The first-order chi connectivity index (χ1) is 9.54. The Morgan fingerprint density at radius 1 is 1.10 bits per heavy atom. The number of anilines is 1. The molecular weight excluding hydrogens is 248 g/mol. The number of aromatic nitrogens is 2. The third-order valence-electron chi connectivity index (χ3n) is 3.29. The number of unbranched alkanes of at least 4 members (excludes halogenated alkanes) is 2. The second kappa shape index (κ2) is 8.90. The van der Waals surface area contributed by atoms with E-state index >= 15 is 0 Å². The van der Waals surface area contributed by atoms with Crippen LogP contribution in [0.1, 0.15) is 59.4 Å². The summed E-state index contributed by atoms with van der Waals surface area (Å²) in [7, 11) is 0. The molecule has 4 heteroatoms. The largest absolute Gasteiger partial charge is 0.338 e. The van der Waals surface area contributed by atoms with E-state index < -0.39 is 0 Å². The minimum Gasteiger partial charge on any atom is -0.338 e. The van der Waals surface area contributed by atoms with E-state index in [-0.39, 0.29) is 0 Å². The molecule has 0 aromatic carbocycles. The molecule has 0 unspecified atom stereocenters. The lowest BCUT2D eigenvalue weighted by Crippen LogP contribution is -2.33. The Bertz CT molecular complexity index is 359. The number of nitrogens with zero attached hydrogens (tertiary/aromatic N) is 3. The van der Waals surface area contributed by atoms with E-state index in [9.17, 15) is 0 Å². The first kappa shape index (κ1) is 16.9. The Balaban J connectivity index is 2.62. The van der Waals surface area contributed by atoms with Crippen molar-refractivity contribution in [2.24, 2.45) is 0 Å². The van der Waals surface area contributed by atoms with Crippen molar-refractivity contribution < 1.29 is 0 Å². The normalized spacial score (nSPS) is 11.3. The monoisotopic (exact) mass is 278 g/mol.